The molecule has 0 radical (unpaired) electrons. The summed E-state index contributed by atoms with van der Waals surface area (Å²) < 4.78 is 20.3. The number of nitrogens with zero attached hydrogens (tertiary/aromatic N) is 5. The number of aryl methyl sites for hydroxylation is 1. The van der Waals surface area contributed by atoms with Gasteiger partial charge in [-0.1, -0.05) is 11.6 Å². The molecule has 8 nitrogen and oxygen atoms in total. The van der Waals surface area contributed by atoms with Gasteiger partial charge in [-0.25, -0.2) is 4.98 Å². The van der Waals surface area contributed by atoms with E-state index in [-0.39, 0.29) is 41.9 Å². The molecule has 0 bridgehead atoms. The fourth-order valence-corrected chi connectivity index (χ4v) is 3.67. The molecular formula is C17H19ClFN7OS. The van der Waals surface area contributed by atoms with Crippen molar-refractivity contribution in [3.05, 3.63) is 50.6 Å². The average molecular weight is 424 g/mol. The molecule has 148 valence electrons. The van der Waals surface area contributed by atoms with Crippen molar-refractivity contribution >= 4 is 28.9 Å². The summed E-state index contributed by atoms with van der Waals surface area (Å²) in [5.41, 5.74) is 6.83. The van der Waals surface area contributed by atoms with E-state index in [1.807, 2.05) is 19.1 Å². The zero-order valence-corrected chi connectivity index (χ0v) is 16.7. The number of aromatic nitrogens is 5. The van der Waals surface area contributed by atoms with Gasteiger partial charge in [0.1, 0.15) is 10.0 Å². The Hall–Kier alpha value is -2.43. The minimum absolute atomic E-state index is 0. The molecule has 0 spiro atoms. The Labute approximate surface area is 169 Å². The maximum Gasteiger partial charge on any atom is 0.255 e. The summed E-state index contributed by atoms with van der Waals surface area (Å²) in [5, 5.41) is 9.98. The van der Waals surface area contributed by atoms with E-state index in [4.69, 9.17) is 22.1 Å². The van der Waals surface area contributed by atoms with Crippen LogP contribution in [0.2, 0.25) is 5.02 Å². The molecule has 1 fully saturated rings. The standard InChI is InChI=1S/C17H16ClFN6OS.H3N/c1-8-24-25-14(27-8)5-13-15(19)16(23-17(20)22-13)26-7-9-4-11(9)12-3-2-10(18)6-21-12;/h2-3,6,9,11H,4-5,7H2,1H3,(H2,20,22,23);1H3/t9-,11+;/m1./s1. The third kappa shape index (κ3) is 4.51. The number of rotatable bonds is 6. The van der Waals surface area contributed by atoms with E-state index in [0.29, 0.717) is 16.6 Å². The van der Waals surface area contributed by atoms with Gasteiger partial charge in [0.25, 0.3) is 5.88 Å². The molecule has 3 heterocycles. The maximum absolute atomic E-state index is 14.7. The molecule has 0 amide bonds. The summed E-state index contributed by atoms with van der Waals surface area (Å²) in [7, 11) is 0. The van der Waals surface area contributed by atoms with Gasteiger partial charge in [-0.3, -0.25) is 4.98 Å². The van der Waals surface area contributed by atoms with Crippen molar-refractivity contribution in [2.45, 2.75) is 25.7 Å². The number of nitrogens with two attached hydrogens (primary N) is 1. The quantitative estimate of drug-likeness (QED) is 0.616. The number of anilines is 1. The first kappa shape index (κ1) is 20.3. The van der Waals surface area contributed by atoms with Crippen LogP contribution in [0.1, 0.15) is 33.7 Å². The number of hydrogen-bond acceptors (Lipinski definition) is 9. The molecule has 0 aliphatic heterocycles. The average Bonchev–Trinajstić information content (AvgIpc) is 3.30. The van der Waals surface area contributed by atoms with Gasteiger partial charge in [-0.15, -0.1) is 21.5 Å². The molecule has 3 aromatic heterocycles. The van der Waals surface area contributed by atoms with Gasteiger partial charge in [0.2, 0.25) is 11.8 Å². The summed E-state index contributed by atoms with van der Waals surface area (Å²) in [4.78, 5) is 12.2. The van der Waals surface area contributed by atoms with Crippen LogP contribution in [0.3, 0.4) is 0 Å². The van der Waals surface area contributed by atoms with Gasteiger partial charge >= 0.3 is 0 Å². The Morgan fingerprint density at radius 3 is 2.82 bits per heavy atom. The number of halogens is 2. The highest BCUT2D eigenvalue weighted by atomic mass is 35.5. The van der Waals surface area contributed by atoms with Crippen LogP contribution in [-0.4, -0.2) is 31.8 Å². The molecule has 11 heteroatoms. The minimum atomic E-state index is -0.612. The molecule has 0 aromatic carbocycles. The fraction of sp³-hybridized carbons (Fsp3) is 0.353. The van der Waals surface area contributed by atoms with E-state index in [2.05, 4.69) is 25.1 Å². The molecule has 3 aromatic rings. The molecule has 5 N–H and O–H groups in total. The molecule has 2 atom stereocenters. The van der Waals surface area contributed by atoms with Crippen LogP contribution in [0, 0.1) is 18.7 Å². The summed E-state index contributed by atoms with van der Waals surface area (Å²) in [6.07, 6.45) is 2.74. The van der Waals surface area contributed by atoms with Crippen LogP contribution in [0.4, 0.5) is 10.3 Å². The second-order valence-corrected chi connectivity index (χ2v) is 8.06. The van der Waals surface area contributed by atoms with Crippen molar-refractivity contribution in [1.29, 1.82) is 0 Å². The van der Waals surface area contributed by atoms with Crippen LogP contribution >= 0.6 is 22.9 Å². The lowest BCUT2D eigenvalue weighted by molar-refractivity contribution is 0.269. The molecule has 28 heavy (non-hydrogen) atoms. The van der Waals surface area contributed by atoms with Crippen LogP contribution < -0.4 is 16.6 Å². The molecular weight excluding hydrogens is 405 g/mol. The van der Waals surface area contributed by atoms with E-state index in [0.717, 1.165) is 17.1 Å². The molecule has 1 aliphatic rings. The van der Waals surface area contributed by atoms with Crippen LogP contribution in [0.15, 0.2) is 18.3 Å². The summed E-state index contributed by atoms with van der Waals surface area (Å²) in [6, 6.07) is 3.71. The lowest BCUT2D eigenvalue weighted by Crippen LogP contribution is -2.10. The minimum Gasteiger partial charge on any atom is -0.475 e. The van der Waals surface area contributed by atoms with Gasteiger partial charge < -0.3 is 16.6 Å². The van der Waals surface area contributed by atoms with Crippen molar-refractivity contribution in [1.82, 2.24) is 31.3 Å². The van der Waals surface area contributed by atoms with Gasteiger partial charge in [0.15, 0.2) is 0 Å². The van der Waals surface area contributed by atoms with Gasteiger partial charge in [-0.2, -0.15) is 9.37 Å². The van der Waals surface area contributed by atoms with E-state index >= 15 is 0 Å². The monoisotopic (exact) mass is 423 g/mol. The Bertz CT molecular complexity index is 969. The number of pyridine rings is 1. The maximum atomic E-state index is 14.7. The van der Waals surface area contributed by atoms with Crippen LogP contribution in [-0.2, 0) is 6.42 Å². The van der Waals surface area contributed by atoms with E-state index in [9.17, 15) is 4.39 Å². The third-order valence-corrected chi connectivity index (χ3v) is 5.34. The Kier molecular flexibility index (Phi) is 6.01. The third-order valence-electron chi connectivity index (χ3n) is 4.28. The highest BCUT2D eigenvalue weighted by Crippen LogP contribution is 2.46. The summed E-state index contributed by atoms with van der Waals surface area (Å²) in [5.74, 6) is -0.237. The first-order valence-corrected chi connectivity index (χ1v) is 9.54. The Morgan fingerprint density at radius 1 is 1.32 bits per heavy atom. The van der Waals surface area contributed by atoms with E-state index in [1.54, 1.807) is 6.20 Å². The van der Waals surface area contributed by atoms with Crippen molar-refractivity contribution in [2.24, 2.45) is 5.92 Å². The van der Waals surface area contributed by atoms with E-state index in [1.165, 1.54) is 11.3 Å². The highest BCUT2D eigenvalue weighted by Gasteiger charge is 2.40. The highest BCUT2D eigenvalue weighted by molar-refractivity contribution is 7.11. The zero-order valence-electron chi connectivity index (χ0n) is 15.1. The van der Waals surface area contributed by atoms with Crippen molar-refractivity contribution in [3.63, 3.8) is 0 Å². The fourth-order valence-electron chi connectivity index (χ4n) is 2.84. The summed E-state index contributed by atoms with van der Waals surface area (Å²) >= 11 is 7.24. The summed E-state index contributed by atoms with van der Waals surface area (Å²) in [6.45, 7) is 2.17. The predicted molar refractivity (Wildman–Crippen MR) is 104 cm³/mol. The largest absolute Gasteiger partial charge is 0.475 e. The number of ether oxygens (including phenoxy) is 1. The molecule has 0 saturated heterocycles. The van der Waals surface area contributed by atoms with Crippen LogP contribution in [0.25, 0.3) is 0 Å². The zero-order chi connectivity index (χ0) is 19.0. The predicted octanol–water partition coefficient (Wildman–Crippen LogP) is 3.34. The van der Waals surface area contributed by atoms with Gasteiger partial charge in [-0.05, 0) is 25.5 Å². The van der Waals surface area contributed by atoms with Crippen LogP contribution in [0.5, 0.6) is 5.88 Å². The SMILES string of the molecule is Cc1nnc(Cc2nc(N)nc(OC[C@H]3C[C@@H]3c3ccc(Cl)cn3)c2F)s1.N. The van der Waals surface area contributed by atoms with Crippen molar-refractivity contribution in [2.75, 3.05) is 12.3 Å². The Morgan fingerprint density at radius 2 is 2.14 bits per heavy atom. The first-order valence-electron chi connectivity index (χ1n) is 8.34. The molecule has 1 aliphatic carbocycles. The Balaban J connectivity index is 0.00000225. The molecule has 4 rings (SSSR count). The van der Waals surface area contributed by atoms with Crippen molar-refractivity contribution < 1.29 is 9.13 Å². The van der Waals surface area contributed by atoms with Gasteiger partial charge in [0, 0.05) is 30.1 Å². The first-order chi connectivity index (χ1) is 13.0. The van der Waals surface area contributed by atoms with E-state index < -0.39 is 5.82 Å². The van der Waals surface area contributed by atoms with Gasteiger partial charge in [0.05, 0.1) is 17.3 Å². The number of hydrogen-bond donors (Lipinski definition) is 2. The lowest BCUT2D eigenvalue weighted by Gasteiger charge is -2.09. The normalized spacial score (nSPS) is 17.8. The van der Waals surface area contributed by atoms with Crippen molar-refractivity contribution in [3.8, 4) is 5.88 Å². The lowest BCUT2D eigenvalue weighted by atomic mass is 10.2. The topological polar surface area (TPSA) is 135 Å². The molecule has 1 saturated carbocycles. The number of nitrogen functional groups attached to an aromatic ring is 1. The smallest absolute Gasteiger partial charge is 0.255 e. The molecule has 0 unspecified atom stereocenters. The second kappa shape index (κ2) is 8.29. The second-order valence-electron chi connectivity index (χ2n) is 6.35.